The van der Waals surface area contributed by atoms with Gasteiger partial charge < -0.3 is 23.7 Å². The number of aliphatic carboxylic acids is 1. The van der Waals surface area contributed by atoms with Crippen molar-refractivity contribution in [3.05, 3.63) is 63.5 Å². The van der Waals surface area contributed by atoms with Gasteiger partial charge >= 0.3 is 5.97 Å². The minimum Gasteiger partial charge on any atom is -0.496 e. The number of oxazole rings is 1. The Morgan fingerprint density at radius 3 is 2.73 bits per heavy atom. The smallest absolute Gasteiger partial charge is 0.315 e. The molecule has 0 saturated carbocycles. The predicted molar refractivity (Wildman–Crippen MR) is 145 cm³/mol. The topological polar surface area (TPSA) is 126 Å². The van der Waals surface area contributed by atoms with Crippen LogP contribution in [0.15, 0.2) is 39.9 Å². The Kier molecular flexibility index (Phi) is 7.76. The fourth-order valence-electron chi connectivity index (χ4n) is 4.82. The SMILES string of the molecule is COc1ccc(F)cc1C(Cn1nc(C(C)(C)C(=O)O)c(=O)c2c(C)c(-c3ncco3)sc21)OC1CCOCC1. The molecule has 3 aromatic heterocycles. The quantitative estimate of drug-likeness (QED) is 0.299. The molecular weight excluding hydrogens is 541 g/mol. The van der Waals surface area contributed by atoms with Crippen LogP contribution in [0.25, 0.3) is 21.0 Å². The van der Waals surface area contributed by atoms with E-state index in [1.54, 1.807) is 11.6 Å². The van der Waals surface area contributed by atoms with Crippen molar-refractivity contribution in [1.82, 2.24) is 14.8 Å². The maximum absolute atomic E-state index is 14.5. The van der Waals surface area contributed by atoms with E-state index in [1.165, 1.54) is 63.0 Å². The van der Waals surface area contributed by atoms with Crippen LogP contribution in [-0.2, 0) is 26.2 Å². The van der Waals surface area contributed by atoms with Gasteiger partial charge in [0.2, 0.25) is 11.3 Å². The summed E-state index contributed by atoms with van der Waals surface area (Å²) in [7, 11) is 1.50. The molecule has 5 rings (SSSR count). The summed E-state index contributed by atoms with van der Waals surface area (Å²) in [6.45, 7) is 5.79. The van der Waals surface area contributed by atoms with Gasteiger partial charge in [-0.2, -0.15) is 5.10 Å². The van der Waals surface area contributed by atoms with Gasteiger partial charge in [0.05, 0.1) is 36.2 Å². The molecule has 0 spiro atoms. The number of carboxylic acid groups (broad SMARTS) is 1. The van der Waals surface area contributed by atoms with Gasteiger partial charge in [-0.05, 0) is 57.4 Å². The number of carboxylic acids is 1. The molecule has 0 bridgehead atoms. The third-order valence-corrected chi connectivity index (χ3v) is 8.47. The molecule has 0 aliphatic carbocycles. The molecule has 40 heavy (non-hydrogen) atoms. The van der Waals surface area contributed by atoms with Crippen LogP contribution in [0, 0.1) is 12.7 Å². The van der Waals surface area contributed by atoms with E-state index < -0.39 is 28.7 Å². The van der Waals surface area contributed by atoms with E-state index in [0.717, 1.165) is 0 Å². The number of hydrogen-bond acceptors (Lipinski definition) is 9. The highest BCUT2D eigenvalue weighted by Crippen LogP contribution is 2.38. The number of carbonyl (C=O) groups is 1. The lowest BCUT2D eigenvalue weighted by Crippen LogP contribution is -2.37. The summed E-state index contributed by atoms with van der Waals surface area (Å²) in [6, 6.07) is 4.21. The van der Waals surface area contributed by atoms with Gasteiger partial charge in [0.25, 0.3) is 0 Å². The first-order valence-electron chi connectivity index (χ1n) is 12.9. The van der Waals surface area contributed by atoms with E-state index in [0.29, 0.717) is 63.9 Å². The van der Waals surface area contributed by atoms with Crippen LogP contribution >= 0.6 is 11.3 Å². The summed E-state index contributed by atoms with van der Waals surface area (Å²) in [4.78, 5) is 31.3. The lowest BCUT2D eigenvalue weighted by molar-refractivity contribution is -0.142. The molecule has 10 nitrogen and oxygen atoms in total. The molecule has 12 heteroatoms. The van der Waals surface area contributed by atoms with Crippen LogP contribution in [0.5, 0.6) is 5.75 Å². The maximum atomic E-state index is 14.5. The average Bonchev–Trinajstić information content (AvgIpc) is 3.58. The Morgan fingerprint density at radius 2 is 2.08 bits per heavy atom. The molecule has 1 atom stereocenters. The van der Waals surface area contributed by atoms with Gasteiger partial charge in [-0.15, -0.1) is 11.3 Å². The summed E-state index contributed by atoms with van der Waals surface area (Å²) < 4.78 is 39.2. The van der Waals surface area contributed by atoms with Crippen LogP contribution < -0.4 is 10.2 Å². The number of benzene rings is 1. The minimum atomic E-state index is -1.59. The number of fused-ring (bicyclic) bond motifs is 1. The molecule has 0 amide bonds. The highest BCUT2D eigenvalue weighted by molar-refractivity contribution is 7.22. The average molecular weight is 572 g/mol. The van der Waals surface area contributed by atoms with E-state index in [9.17, 15) is 19.1 Å². The number of hydrogen-bond donors (Lipinski definition) is 1. The van der Waals surface area contributed by atoms with Crippen molar-refractivity contribution in [1.29, 1.82) is 0 Å². The highest BCUT2D eigenvalue weighted by Gasteiger charge is 2.37. The van der Waals surface area contributed by atoms with E-state index in [-0.39, 0.29) is 18.3 Å². The maximum Gasteiger partial charge on any atom is 0.315 e. The molecule has 1 saturated heterocycles. The number of nitrogens with zero attached hydrogens (tertiary/aromatic N) is 3. The third kappa shape index (κ3) is 5.14. The van der Waals surface area contributed by atoms with Gasteiger partial charge in [0.1, 0.15) is 39.9 Å². The van der Waals surface area contributed by atoms with Crippen molar-refractivity contribution in [3.63, 3.8) is 0 Å². The van der Waals surface area contributed by atoms with Crippen LogP contribution in [0.2, 0.25) is 0 Å². The standard InChI is InChI=1S/C28H30FN3O7S/c1-15-21-22(33)24(28(2,3)27(34)35)31-32(26(21)40-23(15)25-30-9-12-38-25)14-20(39-17-7-10-37-11-8-17)18-13-16(29)5-6-19(18)36-4/h5-6,9,12-13,17,20H,7-8,10-11,14H2,1-4H3,(H,34,35). The highest BCUT2D eigenvalue weighted by atomic mass is 32.1. The molecule has 1 aliphatic heterocycles. The van der Waals surface area contributed by atoms with Crippen LogP contribution in [0.4, 0.5) is 4.39 Å². The van der Waals surface area contributed by atoms with E-state index in [1.807, 2.05) is 0 Å². The normalized spacial score (nSPS) is 15.4. The predicted octanol–water partition coefficient (Wildman–Crippen LogP) is 4.87. The molecule has 0 radical (unpaired) electrons. The minimum absolute atomic E-state index is 0.0572. The molecule has 212 valence electrons. The van der Waals surface area contributed by atoms with E-state index in [2.05, 4.69) is 10.1 Å². The summed E-state index contributed by atoms with van der Waals surface area (Å²) in [5.74, 6) is -0.874. The number of aryl methyl sites for hydroxylation is 1. The first-order valence-corrected chi connectivity index (χ1v) is 13.7. The van der Waals surface area contributed by atoms with Crippen LogP contribution in [0.3, 0.4) is 0 Å². The second-order valence-corrected chi connectivity index (χ2v) is 11.2. The van der Waals surface area contributed by atoms with Gasteiger partial charge in [0.15, 0.2) is 0 Å². The summed E-state index contributed by atoms with van der Waals surface area (Å²) >= 11 is 1.26. The lowest BCUT2D eigenvalue weighted by Gasteiger charge is -2.29. The fourth-order valence-corrected chi connectivity index (χ4v) is 6.03. The van der Waals surface area contributed by atoms with E-state index in [4.69, 9.17) is 18.6 Å². The molecule has 1 fully saturated rings. The number of thiophene rings is 1. The Hall–Kier alpha value is -3.61. The van der Waals surface area contributed by atoms with Crippen molar-refractivity contribution in [2.45, 2.75) is 57.8 Å². The fraction of sp³-hybridized carbons (Fsp3) is 0.429. The van der Waals surface area contributed by atoms with Crippen molar-refractivity contribution >= 4 is 27.5 Å². The van der Waals surface area contributed by atoms with Crippen molar-refractivity contribution < 1.29 is 32.9 Å². The van der Waals surface area contributed by atoms with Gasteiger partial charge in [-0.1, -0.05) is 0 Å². The van der Waals surface area contributed by atoms with Crippen LogP contribution in [-0.4, -0.2) is 52.3 Å². The molecule has 4 heterocycles. The van der Waals surface area contributed by atoms with Crippen molar-refractivity contribution in [3.8, 4) is 16.5 Å². The van der Waals surface area contributed by atoms with E-state index >= 15 is 0 Å². The summed E-state index contributed by atoms with van der Waals surface area (Å²) in [5, 5.41) is 14.9. The molecule has 1 aliphatic rings. The van der Waals surface area contributed by atoms with Gasteiger partial charge in [-0.25, -0.2) is 9.37 Å². The molecular formula is C28H30FN3O7S. The van der Waals surface area contributed by atoms with Gasteiger partial charge in [0, 0.05) is 18.8 Å². The van der Waals surface area contributed by atoms with Crippen molar-refractivity contribution in [2.75, 3.05) is 20.3 Å². The third-order valence-electron chi connectivity index (χ3n) is 7.18. The first-order chi connectivity index (χ1) is 19.1. The van der Waals surface area contributed by atoms with Crippen LogP contribution in [0.1, 0.15) is 49.6 Å². The Bertz CT molecular complexity index is 1590. The number of ether oxygens (including phenoxy) is 3. The number of methoxy groups -OCH3 is 1. The zero-order chi connectivity index (χ0) is 28.6. The Morgan fingerprint density at radius 1 is 1.32 bits per heavy atom. The zero-order valence-corrected chi connectivity index (χ0v) is 23.4. The summed E-state index contributed by atoms with van der Waals surface area (Å²) in [6.07, 6.45) is 3.37. The number of aromatic nitrogens is 3. The van der Waals surface area contributed by atoms with Crippen molar-refractivity contribution in [2.24, 2.45) is 0 Å². The monoisotopic (exact) mass is 571 g/mol. The first kappa shape index (κ1) is 27.9. The largest absolute Gasteiger partial charge is 0.496 e. The molecule has 1 N–H and O–H groups in total. The Labute approximate surface area is 233 Å². The molecule has 1 aromatic carbocycles. The second-order valence-electron chi connectivity index (χ2n) is 10.2. The second kappa shape index (κ2) is 11.1. The molecule has 4 aromatic rings. The lowest BCUT2D eigenvalue weighted by atomic mass is 9.88. The number of halogens is 1. The molecule has 1 unspecified atom stereocenters. The zero-order valence-electron chi connectivity index (χ0n) is 22.6. The van der Waals surface area contributed by atoms with Gasteiger partial charge in [-0.3, -0.25) is 14.3 Å². The summed E-state index contributed by atoms with van der Waals surface area (Å²) in [5.41, 5.74) is -1.10. The Balaban J connectivity index is 1.72. The number of rotatable bonds is 9.